The van der Waals surface area contributed by atoms with Crippen LogP contribution in [0.15, 0.2) is 23.1 Å². The molecular formula is C13H18FNO2S. The molecule has 0 bridgehead atoms. The van der Waals surface area contributed by atoms with Gasteiger partial charge in [0.15, 0.2) is 9.84 Å². The van der Waals surface area contributed by atoms with E-state index in [2.05, 4.69) is 5.32 Å². The Balaban J connectivity index is 2.26. The Kier molecular flexibility index (Phi) is 4.02. The summed E-state index contributed by atoms with van der Waals surface area (Å²) in [6.07, 6.45) is 3.93. The summed E-state index contributed by atoms with van der Waals surface area (Å²) in [7, 11) is -3.36. The average Bonchev–Trinajstić information content (AvgIpc) is 2.31. The van der Waals surface area contributed by atoms with Gasteiger partial charge in [0.1, 0.15) is 5.82 Å². The first-order chi connectivity index (χ1) is 8.47. The van der Waals surface area contributed by atoms with Crippen molar-refractivity contribution in [1.82, 2.24) is 5.32 Å². The molecule has 0 aromatic heterocycles. The quantitative estimate of drug-likeness (QED) is 0.911. The van der Waals surface area contributed by atoms with E-state index in [4.69, 9.17) is 0 Å². The third kappa shape index (κ3) is 3.29. The minimum absolute atomic E-state index is 0.140. The molecule has 0 amide bonds. The molecule has 1 aliphatic rings. The van der Waals surface area contributed by atoms with E-state index in [0.29, 0.717) is 12.3 Å². The molecule has 2 rings (SSSR count). The molecule has 5 heteroatoms. The van der Waals surface area contributed by atoms with E-state index in [9.17, 15) is 12.8 Å². The van der Waals surface area contributed by atoms with Crippen LogP contribution in [0.25, 0.3) is 0 Å². The molecule has 100 valence electrons. The van der Waals surface area contributed by atoms with Crippen LogP contribution in [0.3, 0.4) is 0 Å². The summed E-state index contributed by atoms with van der Waals surface area (Å²) in [6.45, 7) is 1.94. The molecule has 1 aromatic carbocycles. The third-order valence-corrected chi connectivity index (χ3v) is 4.57. The predicted molar refractivity (Wildman–Crippen MR) is 68.8 cm³/mol. The highest BCUT2D eigenvalue weighted by Gasteiger charge is 2.19. The molecule has 0 atom stereocenters. The van der Waals surface area contributed by atoms with Crippen molar-refractivity contribution in [2.24, 2.45) is 5.92 Å². The van der Waals surface area contributed by atoms with E-state index in [-0.39, 0.29) is 4.90 Å². The minimum atomic E-state index is -3.36. The summed E-state index contributed by atoms with van der Waals surface area (Å²) < 4.78 is 36.5. The molecule has 1 saturated heterocycles. The molecule has 0 unspecified atom stereocenters. The standard InChI is InChI=1S/C13H18FNO2S/c1-18(16,17)13-9-12(14)3-2-11(13)8-10-4-6-15-7-5-10/h2-3,9-10,15H,4-8H2,1H3. The maximum absolute atomic E-state index is 13.2. The van der Waals surface area contributed by atoms with Crippen LogP contribution in [-0.2, 0) is 16.3 Å². The topological polar surface area (TPSA) is 46.2 Å². The Labute approximate surface area is 107 Å². The van der Waals surface area contributed by atoms with Crippen molar-refractivity contribution in [2.75, 3.05) is 19.3 Å². The Morgan fingerprint density at radius 3 is 2.61 bits per heavy atom. The summed E-state index contributed by atoms with van der Waals surface area (Å²) >= 11 is 0. The maximum Gasteiger partial charge on any atom is 0.175 e. The van der Waals surface area contributed by atoms with Gasteiger partial charge in [-0.3, -0.25) is 0 Å². The summed E-state index contributed by atoms with van der Waals surface area (Å²) in [6, 6.07) is 4.07. The molecule has 3 nitrogen and oxygen atoms in total. The highest BCUT2D eigenvalue weighted by Crippen LogP contribution is 2.24. The fourth-order valence-corrected chi connectivity index (χ4v) is 3.39. The molecule has 1 aliphatic heterocycles. The van der Waals surface area contributed by atoms with Gasteiger partial charge in [-0.05, 0) is 56.0 Å². The molecule has 0 aliphatic carbocycles. The first-order valence-corrected chi connectivity index (χ1v) is 8.05. The fourth-order valence-electron chi connectivity index (χ4n) is 2.44. The van der Waals surface area contributed by atoms with E-state index in [1.807, 2.05) is 0 Å². The summed E-state index contributed by atoms with van der Waals surface area (Å²) in [5, 5.41) is 3.28. The van der Waals surface area contributed by atoms with Gasteiger partial charge in [-0.25, -0.2) is 12.8 Å². The summed E-state index contributed by atoms with van der Waals surface area (Å²) in [5.74, 6) is -0.0123. The maximum atomic E-state index is 13.2. The highest BCUT2D eigenvalue weighted by molar-refractivity contribution is 7.90. The first-order valence-electron chi connectivity index (χ1n) is 6.16. The summed E-state index contributed by atoms with van der Waals surface area (Å²) in [5.41, 5.74) is 0.741. The van der Waals surface area contributed by atoms with Gasteiger partial charge < -0.3 is 5.32 Å². The average molecular weight is 271 g/mol. The molecule has 1 fully saturated rings. The molecule has 0 saturated carbocycles. The van der Waals surface area contributed by atoms with Gasteiger partial charge in [0.25, 0.3) is 0 Å². The van der Waals surface area contributed by atoms with E-state index in [1.165, 1.54) is 6.07 Å². The Morgan fingerprint density at radius 1 is 1.33 bits per heavy atom. The lowest BCUT2D eigenvalue weighted by molar-refractivity contribution is 0.371. The van der Waals surface area contributed by atoms with E-state index < -0.39 is 15.7 Å². The number of nitrogens with one attached hydrogen (secondary N) is 1. The van der Waals surface area contributed by atoms with Gasteiger partial charge in [-0.1, -0.05) is 6.07 Å². The van der Waals surface area contributed by atoms with Crippen LogP contribution in [0.4, 0.5) is 4.39 Å². The Bertz CT molecular complexity index is 522. The van der Waals surface area contributed by atoms with Crippen molar-refractivity contribution in [3.8, 4) is 0 Å². The zero-order chi connectivity index (χ0) is 13.2. The number of benzene rings is 1. The molecular weight excluding hydrogens is 253 g/mol. The Hall–Kier alpha value is -0.940. The molecule has 1 heterocycles. The lowest BCUT2D eigenvalue weighted by atomic mass is 9.91. The van der Waals surface area contributed by atoms with Gasteiger partial charge >= 0.3 is 0 Å². The van der Waals surface area contributed by atoms with Crippen LogP contribution in [0.2, 0.25) is 0 Å². The predicted octanol–water partition coefficient (Wildman–Crippen LogP) is 1.77. The van der Waals surface area contributed by atoms with Crippen LogP contribution < -0.4 is 5.32 Å². The zero-order valence-electron chi connectivity index (χ0n) is 10.4. The zero-order valence-corrected chi connectivity index (χ0v) is 11.3. The lowest BCUT2D eigenvalue weighted by Gasteiger charge is -2.23. The third-order valence-electron chi connectivity index (χ3n) is 3.40. The first kappa shape index (κ1) is 13.5. The van der Waals surface area contributed by atoms with Gasteiger partial charge in [-0.15, -0.1) is 0 Å². The lowest BCUT2D eigenvalue weighted by Crippen LogP contribution is -2.28. The van der Waals surface area contributed by atoms with Crippen LogP contribution in [0.1, 0.15) is 18.4 Å². The van der Waals surface area contributed by atoms with E-state index >= 15 is 0 Å². The van der Waals surface area contributed by atoms with Crippen molar-refractivity contribution >= 4 is 9.84 Å². The molecule has 18 heavy (non-hydrogen) atoms. The van der Waals surface area contributed by atoms with Crippen LogP contribution in [-0.4, -0.2) is 27.8 Å². The van der Waals surface area contributed by atoms with Crippen LogP contribution in [0, 0.1) is 11.7 Å². The number of rotatable bonds is 3. The van der Waals surface area contributed by atoms with Crippen LogP contribution >= 0.6 is 0 Å². The van der Waals surface area contributed by atoms with Crippen molar-refractivity contribution in [3.63, 3.8) is 0 Å². The largest absolute Gasteiger partial charge is 0.317 e. The van der Waals surface area contributed by atoms with Gasteiger partial charge in [-0.2, -0.15) is 0 Å². The number of halogens is 1. The monoisotopic (exact) mass is 271 g/mol. The van der Waals surface area contributed by atoms with Gasteiger partial charge in [0, 0.05) is 6.26 Å². The van der Waals surface area contributed by atoms with Crippen LogP contribution in [0.5, 0.6) is 0 Å². The number of hydrogen-bond donors (Lipinski definition) is 1. The second kappa shape index (κ2) is 5.36. The van der Waals surface area contributed by atoms with Crippen molar-refractivity contribution < 1.29 is 12.8 Å². The molecule has 1 aromatic rings. The Morgan fingerprint density at radius 2 is 2.00 bits per heavy atom. The normalized spacial score (nSPS) is 17.9. The smallest absolute Gasteiger partial charge is 0.175 e. The second-order valence-corrected chi connectivity index (χ2v) is 6.91. The second-order valence-electron chi connectivity index (χ2n) is 4.92. The van der Waals surface area contributed by atoms with E-state index in [1.54, 1.807) is 6.07 Å². The summed E-state index contributed by atoms with van der Waals surface area (Å²) in [4.78, 5) is 0.140. The van der Waals surface area contributed by atoms with Gasteiger partial charge in [0.05, 0.1) is 4.90 Å². The van der Waals surface area contributed by atoms with Crippen molar-refractivity contribution in [1.29, 1.82) is 0 Å². The SMILES string of the molecule is CS(=O)(=O)c1cc(F)ccc1CC1CCNCC1. The minimum Gasteiger partial charge on any atom is -0.317 e. The molecule has 1 N–H and O–H groups in total. The number of hydrogen-bond acceptors (Lipinski definition) is 3. The molecule has 0 spiro atoms. The number of sulfone groups is 1. The highest BCUT2D eigenvalue weighted by atomic mass is 32.2. The van der Waals surface area contributed by atoms with E-state index in [0.717, 1.165) is 43.8 Å². The van der Waals surface area contributed by atoms with Crippen molar-refractivity contribution in [3.05, 3.63) is 29.6 Å². The van der Waals surface area contributed by atoms with Gasteiger partial charge in [0.2, 0.25) is 0 Å². The molecule has 0 radical (unpaired) electrons. The fraction of sp³-hybridized carbons (Fsp3) is 0.538. The van der Waals surface area contributed by atoms with Crippen molar-refractivity contribution in [2.45, 2.75) is 24.2 Å². The number of piperidine rings is 1.